The van der Waals surface area contributed by atoms with Crippen LogP contribution >= 0.6 is 11.3 Å². The Morgan fingerprint density at radius 1 is 1.31 bits per heavy atom. The Morgan fingerprint density at radius 2 is 2.21 bits per heavy atom. The zero-order valence-electron chi connectivity index (χ0n) is 16.7. The molecule has 0 aliphatic carbocycles. The van der Waals surface area contributed by atoms with Crippen LogP contribution in [0.1, 0.15) is 23.3 Å². The van der Waals surface area contributed by atoms with Gasteiger partial charge in [0.1, 0.15) is 0 Å². The van der Waals surface area contributed by atoms with E-state index in [1.54, 1.807) is 18.4 Å². The van der Waals surface area contributed by atoms with Crippen molar-refractivity contribution in [1.82, 2.24) is 24.9 Å². The van der Waals surface area contributed by atoms with Crippen LogP contribution in [0.15, 0.2) is 23.6 Å². The van der Waals surface area contributed by atoms with E-state index < -0.39 is 0 Å². The number of hydrogen-bond donors (Lipinski definition) is 1. The fourth-order valence-electron chi connectivity index (χ4n) is 4.09. The Balaban J connectivity index is 1.35. The molecule has 2 aliphatic heterocycles. The Kier molecular flexibility index (Phi) is 6.27. The normalized spacial score (nSPS) is 21.0. The third kappa shape index (κ3) is 4.36. The van der Waals surface area contributed by atoms with Gasteiger partial charge in [-0.25, -0.2) is 0 Å². The third-order valence-electron chi connectivity index (χ3n) is 5.68. The first-order valence-corrected chi connectivity index (χ1v) is 11.0. The number of carbonyl (C=O) groups is 2. The summed E-state index contributed by atoms with van der Waals surface area (Å²) >= 11 is 1.61. The number of nitrogens with one attached hydrogen (secondary N) is 1. The number of hydrogen-bond acceptors (Lipinski definition) is 6. The molecule has 0 bridgehead atoms. The number of amides is 2. The first-order chi connectivity index (χ1) is 14.2. The SMILES string of the molecule is COCCN1CC[C@H](N2CCCN(C(=O)c3cc(-c4cccs4)[nH]n3)CC2)C1=O. The minimum atomic E-state index is -0.0716. The molecular weight excluding hydrogens is 390 g/mol. The molecule has 0 aromatic carbocycles. The van der Waals surface area contributed by atoms with Gasteiger partial charge in [-0.15, -0.1) is 11.3 Å². The fourth-order valence-corrected chi connectivity index (χ4v) is 4.78. The zero-order valence-corrected chi connectivity index (χ0v) is 17.5. The van der Waals surface area contributed by atoms with Gasteiger partial charge in [0.25, 0.3) is 5.91 Å². The van der Waals surface area contributed by atoms with E-state index in [0.29, 0.717) is 38.5 Å². The molecule has 2 fully saturated rings. The van der Waals surface area contributed by atoms with Crippen LogP contribution in [0.4, 0.5) is 0 Å². The monoisotopic (exact) mass is 417 g/mol. The molecule has 4 rings (SSSR count). The van der Waals surface area contributed by atoms with E-state index >= 15 is 0 Å². The number of H-pyrrole nitrogens is 1. The van der Waals surface area contributed by atoms with E-state index in [1.807, 2.05) is 33.4 Å². The van der Waals surface area contributed by atoms with Crippen molar-refractivity contribution < 1.29 is 14.3 Å². The average molecular weight is 418 g/mol. The highest BCUT2D eigenvalue weighted by Crippen LogP contribution is 2.24. The number of rotatable bonds is 6. The molecule has 29 heavy (non-hydrogen) atoms. The average Bonchev–Trinajstić information content (AvgIpc) is 3.45. The van der Waals surface area contributed by atoms with E-state index in [4.69, 9.17) is 4.74 Å². The molecular formula is C20H27N5O3S. The molecule has 156 valence electrons. The number of carbonyl (C=O) groups excluding carboxylic acids is 2. The lowest BCUT2D eigenvalue weighted by Gasteiger charge is -2.26. The van der Waals surface area contributed by atoms with Crippen molar-refractivity contribution >= 4 is 23.2 Å². The van der Waals surface area contributed by atoms with Crippen molar-refractivity contribution in [1.29, 1.82) is 0 Å². The van der Waals surface area contributed by atoms with Crippen LogP contribution in [0.5, 0.6) is 0 Å². The molecule has 2 aliphatic rings. The van der Waals surface area contributed by atoms with Crippen LogP contribution in [-0.2, 0) is 9.53 Å². The van der Waals surface area contributed by atoms with Gasteiger partial charge in [0.15, 0.2) is 5.69 Å². The van der Waals surface area contributed by atoms with Crippen LogP contribution < -0.4 is 0 Å². The Labute approximate surface area is 174 Å². The van der Waals surface area contributed by atoms with Gasteiger partial charge in [-0.1, -0.05) is 6.07 Å². The highest BCUT2D eigenvalue weighted by atomic mass is 32.1. The summed E-state index contributed by atoms with van der Waals surface area (Å²) in [7, 11) is 1.65. The number of thiophene rings is 1. The largest absolute Gasteiger partial charge is 0.383 e. The standard InChI is InChI=1S/C20H27N5O3S/c1-28-12-11-25-8-5-17(20(25)27)23-6-3-7-24(10-9-23)19(26)16-14-15(21-22-16)18-4-2-13-29-18/h2,4,13-14,17H,3,5-12H2,1H3,(H,21,22)/t17-/m0/s1. The van der Waals surface area contributed by atoms with E-state index in [0.717, 1.165) is 36.5 Å². The van der Waals surface area contributed by atoms with Crippen LogP contribution in [0, 0.1) is 0 Å². The molecule has 1 atom stereocenters. The third-order valence-corrected chi connectivity index (χ3v) is 6.58. The quantitative estimate of drug-likeness (QED) is 0.771. The predicted octanol–water partition coefficient (Wildman–Crippen LogP) is 1.53. The van der Waals surface area contributed by atoms with Crippen LogP contribution in [-0.4, -0.2) is 95.7 Å². The number of likely N-dealkylation sites (tertiary alicyclic amines) is 1. The van der Waals surface area contributed by atoms with E-state index in [-0.39, 0.29) is 17.9 Å². The van der Waals surface area contributed by atoms with Gasteiger partial charge < -0.3 is 14.5 Å². The van der Waals surface area contributed by atoms with Crippen molar-refractivity contribution in [2.45, 2.75) is 18.9 Å². The molecule has 1 N–H and O–H groups in total. The summed E-state index contributed by atoms with van der Waals surface area (Å²) in [5, 5.41) is 9.20. The zero-order chi connectivity index (χ0) is 20.2. The first kappa shape index (κ1) is 20.1. The first-order valence-electron chi connectivity index (χ1n) is 10.1. The number of methoxy groups -OCH3 is 1. The molecule has 2 saturated heterocycles. The summed E-state index contributed by atoms with van der Waals surface area (Å²) in [6, 6.07) is 5.74. The second-order valence-corrected chi connectivity index (χ2v) is 8.40. The van der Waals surface area contributed by atoms with Gasteiger partial charge in [-0.3, -0.25) is 19.6 Å². The number of nitrogens with zero attached hydrogens (tertiary/aromatic N) is 4. The van der Waals surface area contributed by atoms with E-state index in [2.05, 4.69) is 15.1 Å². The summed E-state index contributed by atoms with van der Waals surface area (Å²) < 4.78 is 5.10. The second kappa shape index (κ2) is 9.06. The molecule has 0 radical (unpaired) electrons. The summed E-state index contributed by atoms with van der Waals surface area (Å²) in [5.41, 5.74) is 1.32. The Hall–Kier alpha value is -2.23. The van der Waals surface area contributed by atoms with Crippen LogP contribution in [0.25, 0.3) is 10.6 Å². The molecule has 9 heteroatoms. The Bertz CT molecular complexity index is 837. The van der Waals surface area contributed by atoms with Crippen LogP contribution in [0.2, 0.25) is 0 Å². The maximum atomic E-state index is 12.9. The van der Waals surface area contributed by atoms with Crippen molar-refractivity contribution in [2.24, 2.45) is 0 Å². The van der Waals surface area contributed by atoms with Gasteiger partial charge in [-0.2, -0.15) is 5.10 Å². The van der Waals surface area contributed by atoms with Crippen molar-refractivity contribution in [3.05, 3.63) is 29.3 Å². The molecule has 8 nitrogen and oxygen atoms in total. The topological polar surface area (TPSA) is 81.8 Å². The molecule has 2 aromatic rings. The minimum Gasteiger partial charge on any atom is -0.383 e. The van der Waals surface area contributed by atoms with Gasteiger partial charge in [0.05, 0.1) is 23.2 Å². The Morgan fingerprint density at radius 3 is 3.00 bits per heavy atom. The number of aromatic nitrogens is 2. The molecule has 2 aromatic heterocycles. The predicted molar refractivity (Wildman–Crippen MR) is 111 cm³/mol. The summed E-state index contributed by atoms with van der Waals surface area (Å²) in [6.07, 6.45) is 1.70. The molecule has 0 unspecified atom stereocenters. The van der Waals surface area contributed by atoms with E-state index in [1.165, 1.54) is 0 Å². The highest BCUT2D eigenvalue weighted by Gasteiger charge is 2.36. The molecule has 2 amide bonds. The lowest BCUT2D eigenvalue weighted by atomic mass is 10.2. The molecule has 0 saturated carbocycles. The fraction of sp³-hybridized carbons (Fsp3) is 0.550. The molecule has 4 heterocycles. The van der Waals surface area contributed by atoms with Crippen molar-refractivity contribution in [3.63, 3.8) is 0 Å². The summed E-state index contributed by atoms with van der Waals surface area (Å²) in [6.45, 7) is 4.84. The smallest absolute Gasteiger partial charge is 0.274 e. The van der Waals surface area contributed by atoms with Gasteiger partial charge in [-0.05, 0) is 30.4 Å². The second-order valence-electron chi connectivity index (χ2n) is 7.45. The lowest BCUT2D eigenvalue weighted by Crippen LogP contribution is -2.44. The maximum absolute atomic E-state index is 12.9. The summed E-state index contributed by atoms with van der Waals surface area (Å²) in [4.78, 5) is 32.7. The number of aromatic amines is 1. The van der Waals surface area contributed by atoms with Crippen molar-refractivity contribution in [3.8, 4) is 10.6 Å². The van der Waals surface area contributed by atoms with Crippen molar-refractivity contribution in [2.75, 3.05) is 53.0 Å². The molecule has 0 spiro atoms. The van der Waals surface area contributed by atoms with Gasteiger partial charge >= 0.3 is 0 Å². The van der Waals surface area contributed by atoms with Gasteiger partial charge in [0.2, 0.25) is 5.91 Å². The van der Waals surface area contributed by atoms with Crippen LogP contribution in [0.3, 0.4) is 0 Å². The van der Waals surface area contributed by atoms with Gasteiger partial charge in [0, 0.05) is 46.4 Å². The summed E-state index contributed by atoms with van der Waals surface area (Å²) in [5.74, 6) is 0.139. The maximum Gasteiger partial charge on any atom is 0.274 e. The van der Waals surface area contributed by atoms with E-state index in [9.17, 15) is 9.59 Å². The highest BCUT2D eigenvalue weighted by molar-refractivity contribution is 7.13. The number of ether oxygens (including phenoxy) is 1. The minimum absolute atomic E-state index is 0.0506. The lowest BCUT2D eigenvalue weighted by molar-refractivity contribution is -0.132.